The van der Waals surface area contributed by atoms with Crippen molar-refractivity contribution < 1.29 is 23.1 Å². The summed E-state index contributed by atoms with van der Waals surface area (Å²) < 4.78 is 23.1. The number of carbonyl (C=O) groups is 2. The minimum atomic E-state index is -3.56. The SMILES string of the molecule is C[C@H](C(=O)N1Cc2ccccc2C[C@@H]1C(=O)O)S(C)(=O)=O. The molecule has 0 saturated heterocycles. The Kier molecular flexibility index (Phi) is 4.04. The van der Waals surface area contributed by atoms with E-state index in [-0.39, 0.29) is 13.0 Å². The smallest absolute Gasteiger partial charge is 0.326 e. The Labute approximate surface area is 123 Å². The first-order chi connectivity index (χ1) is 9.71. The Morgan fingerprint density at radius 3 is 2.38 bits per heavy atom. The van der Waals surface area contributed by atoms with Gasteiger partial charge in [-0.3, -0.25) is 4.79 Å². The Hall–Kier alpha value is -1.89. The van der Waals surface area contributed by atoms with E-state index in [1.165, 1.54) is 6.92 Å². The molecule has 1 aromatic carbocycles. The second-order valence-corrected chi connectivity index (χ2v) is 7.63. The van der Waals surface area contributed by atoms with E-state index in [4.69, 9.17) is 0 Å². The Bertz CT molecular complexity index is 682. The van der Waals surface area contributed by atoms with Gasteiger partial charge >= 0.3 is 5.97 Å². The molecular weight excluding hydrogens is 294 g/mol. The summed E-state index contributed by atoms with van der Waals surface area (Å²) in [6, 6.07) is 6.24. The highest BCUT2D eigenvalue weighted by atomic mass is 32.2. The normalized spacial score (nSPS) is 19.7. The number of rotatable bonds is 3. The molecule has 0 aliphatic carbocycles. The molecule has 1 heterocycles. The van der Waals surface area contributed by atoms with Crippen LogP contribution < -0.4 is 0 Å². The van der Waals surface area contributed by atoms with Gasteiger partial charge in [0.05, 0.1) is 0 Å². The molecule has 7 heteroatoms. The van der Waals surface area contributed by atoms with Crippen LogP contribution in [-0.2, 0) is 32.4 Å². The van der Waals surface area contributed by atoms with Crippen molar-refractivity contribution >= 4 is 21.7 Å². The molecule has 1 aliphatic rings. The average molecular weight is 311 g/mol. The van der Waals surface area contributed by atoms with Gasteiger partial charge in [0.15, 0.2) is 9.84 Å². The maximum atomic E-state index is 12.4. The van der Waals surface area contributed by atoms with Gasteiger partial charge in [-0.1, -0.05) is 24.3 Å². The Morgan fingerprint density at radius 2 is 1.86 bits per heavy atom. The summed E-state index contributed by atoms with van der Waals surface area (Å²) in [7, 11) is -3.56. The number of carbonyl (C=O) groups excluding carboxylic acids is 1. The van der Waals surface area contributed by atoms with Crippen LogP contribution in [0.2, 0.25) is 0 Å². The molecule has 0 saturated carbocycles. The van der Waals surface area contributed by atoms with Crippen LogP contribution in [0.4, 0.5) is 0 Å². The molecule has 2 atom stereocenters. The summed E-state index contributed by atoms with van der Waals surface area (Å²) >= 11 is 0. The van der Waals surface area contributed by atoms with Crippen LogP contribution in [0, 0.1) is 0 Å². The number of aliphatic carboxylic acids is 1. The molecular formula is C14H17NO5S. The second kappa shape index (κ2) is 5.48. The third-order valence-electron chi connectivity index (χ3n) is 3.81. The van der Waals surface area contributed by atoms with E-state index in [1.807, 2.05) is 24.3 Å². The predicted molar refractivity (Wildman–Crippen MR) is 76.4 cm³/mol. The highest BCUT2D eigenvalue weighted by molar-refractivity contribution is 7.92. The van der Waals surface area contributed by atoms with Crippen molar-refractivity contribution in [3.05, 3.63) is 35.4 Å². The highest BCUT2D eigenvalue weighted by Crippen LogP contribution is 2.25. The lowest BCUT2D eigenvalue weighted by Gasteiger charge is -2.35. The van der Waals surface area contributed by atoms with Gasteiger partial charge in [-0.25, -0.2) is 13.2 Å². The molecule has 6 nitrogen and oxygen atoms in total. The van der Waals surface area contributed by atoms with Crippen molar-refractivity contribution in [3.63, 3.8) is 0 Å². The number of hydrogen-bond donors (Lipinski definition) is 1. The molecule has 114 valence electrons. The van der Waals surface area contributed by atoms with Crippen LogP contribution in [0.15, 0.2) is 24.3 Å². The maximum absolute atomic E-state index is 12.4. The molecule has 0 unspecified atom stereocenters. The van der Waals surface area contributed by atoms with Crippen molar-refractivity contribution in [2.24, 2.45) is 0 Å². The predicted octanol–water partition coefficient (Wildman–Crippen LogP) is 0.458. The molecule has 1 aliphatic heterocycles. The first-order valence-corrected chi connectivity index (χ1v) is 8.46. The quantitative estimate of drug-likeness (QED) is 0.875. The van der Waals surface area contributed by atoms with E-state index in [9.17, 15) is 23.1 Å². The number of hydrogen-bond acceptors (Lipinski definition) is 4. The van der Waals surface area contributed by atoms with Crippen molar-refractivity contribution in [1.82, 2.24) is 4.90 Å². The highest BCUT2D eigenvalue weighted by Gasteiger charge is 2.38. The summed E-state index contributed by atoms with van der Waals surface area (Å²) in [4.78, 5) is 24.9. The Morgan fingerprint density at radius 1 is 1.29 bits per heavy atom. The number of amides is 1. The lowest BCUT2D eigenvalue weighted by Crippen LogP contribution is -2.52. The van der Waals surface area contributed by atoms with Crippen molar-refractivity contribution in [2.75, 3.05) is 6.26 Å². The van der Waals surface area contributed by atoms with Gasteiger partial charge in [0.25, 0.3) is 0 Å². The fraction of sp³-hybridized carbons (Fsp3) is 0.429. The second-order valence-electron chi connectivity index (χ2n) is 5.26. The van der Waals surface area contributed by atoms with Gasteiger partial charge in [-0.15, -0.1) is 0 Å². The van der Waals surface area contributed by atoms with E-state index in [0.29, 0.717) is 0 Å². The Balaban J connectivity index is 2.37. The summed E-state index contributed by atoms with van der Waals surface area (Å²) in [6.45, 7) is 1.41. The molecule has 1 amide bonds. The summed E-state index contributed by atoms with van der Waals surface area (Å²) in [5.41, 5.74) is 1.73. The molecule has 0 bridgehead atoms. The van der Waals surface area contributed by atoms with Gasteiger partial charge in [0.2, 0.25) is 5.91 Å². The fourth-order valence-electron chi connectivity index (χ4n) is 2.39. The summed E-state index contributed by atoms with van der Waals surface area (Å²) in [5.74, 6) is -1.79. The third kappa shape index (κ3) is 3.07. The van der Waals surface area contributed by atoms with Crippen LogP contribution in [0.25, 0.3) is 0 Å². The van der Waals surface area contributed by atoms with Crippen molar-refractivity contribution in [1.29, 1.82) is 0 Å². The van der Waals surface area contributed by atoms with Crippen molar-refractivity contribution in [2.45, 2.75) is 31.2 Å². The van der Waals surface area contributed by atoms with Gasteiger partial charge < -0.3 is 10.0 Å². The fourth-order valence-corrected chi connectivity index (χ4v) is 2.89. The van der Waals surface area contributed by atoms with E-state index in [2.05, 4.69) is 0 Å². The number of nitrogens with zero attached hydrogens (tertiary/aromatic N) is 1. The van der Waals surface area contributed by atoms with Crippen molar-refractivity contribution in [3.8, 4) is 0 Å². The van der Waals surface area contributed by atoms with E-state index >= 15 is 0 Å². The summed E-state index contributed by atoms with van der Waals surface area (Å²) in [6.07, 6.45) is 1.16. The van der Waals surface area contributed by atoms with Crippen LogP contribution in [0.1, 0.15) is 18.1 Å². The van der Waals surface area contributed by atoms with E-state index in [1.54, 1.807) is 0 Å². The van der Waals surface area contributed by atoms with E-state index < -0.39 is 33.0 Å². The number of carboxylic acid groups (broad SMARTS) is 1. The standard InChI is InChI=1S/C14H17NO5S/c1-9(21(2,19)20)13(16)15-8-11-6-4-3-5-10(11)7-12(15)14(17)18/h3-6,9,12H,7-8H2,1-2H3,(H,17,18)/t9-,12-/m1/s1. The molecule has 1 aromatic rings. The van der Waals surface area contributed by atoms with Crippen LogP contribution in [-0.4, -0.2) is 47.8 Å². The van der Waals surface area contributed by atoms with Gasteiger partial charge in [-0.05, 0) is 18.1 Å². The van der Waals surface area contributed by atoms with Crippen LogP contribution in [0.3, 0.4) is 0 Å². The largest absolute Gasteiger partial charge is 0.480 e. The molecule has 0 radical (unpaired) electrons. The lowest BCUT2D eigenvalue weighted by molar-refractivity contribution is -0.151. The first kappa shape index (κ1) is 15.5. The van der Waals surface area contributed by atoms with Crippen LogP contribution in [0.5, 0.6) is 0 Å². The average Bonchev–Trinajstić information content (AvgIpc) is 2.43. The minimum Gasteiger partial charge on any atom is -0.480 e. The molecule has 1 N–H and O–H groups in total. The number of fused-ring (bicyclic) bond motifs is 1. The van der Waals surface area contributed by atoms with Gasteiger partial charge in [0, 0.05) is 19.2 Å². The van der Waals surface area contributed by atoms with E-state index in [0.717, 1.165) is 22.3 Å². The zero-order valence-electron chi connectivity index (χ0n) is 11.8. The zero-order valence-corrected chi connectivity index (χ0v) is 12.6. The number of benzene rings is 1. The van der Waals surface area contributed by atoms with Crippen LogP contribution >= 0.6 is 0 Å². The minimum absolute atomic E-state index is 0.117. The topological polar surface area (TPSA) is 91.8 Å². The zero-order chi connectivity index (χ0) is 15.8. The molecule has 0 fully saturated rings. The molecule has 0 spiro atoms. The van der Waals surface area contributed by atoms with Gasteiger partial charge in [-0.2, -0.15) is 0 Å². The molecule has 0 aromatic heterocycles. The maximum Gasteiger partial charge on any atom is 0.326 e. The lowest BCUT2D eigenvalue weighted by atomic mass is 9.94. The number of sulfone groups is 1. The van der Waals surface area contributed by atoms with Gasteiger partial charge in [0.1, 0.15) is 11.3 Å². The molecule has 2 rings (SSSR count). The third-order valence-corrected chi connectivity index (χ3v) is 5.29. The number of carboxylic acids is 1. The molecule has 21 heavy (non-hydrogen) atoms. The summed E-state index contributed by atoms with van der Waals surface area (Å²) in [5, 5.41) is 8.08. The first-order valence-electron chi connectivity index (χ1n) is 6.50. The monoisotopic (exact) mass is 311 g/mol.